The maximum Gasteiger partial charge on any atom is 0.305 e. The summed E-state index contributed by atoms with van der Waals surface area (Å²) in [7, 11) is 0. The SMILES string of the molecule is CCCCCCCCCCCCCCCCCCCCCC(=O)OCCCCCCCCCCCCCCCCC/C=C\C/C=C\CCCCCCCCCCCCCCCCCCCC(=O)NC(CO)C(O)CCCCCCCCCCC. The highest BCUT2D eigenvalue weighted by Crippen LogP contribution is 2.20. The first-order valence-corrected chi connectivity index (χ1v) is 38.6. The molecule has 2 atom stereocenters. The van der Waals surface area contributed by atoms with Gasteiger partial charge in [-0.25, -0.2) is 0 Å². The number of nitrogens with one attached hydrogen (secondary N) is 1. The Kier molecular flexibility index (Phi) is 72.3. The van der Waals surface area contributed by atoms with E-state index in [4.69, 9.17) is 4.74 Å². The summed E-state index contributed by atoms with van der Waals surface area (Å²) in [5.41, 5.74) is 0. The Labute approximate surface area is 526 Å². The molecule has 0 saturated heterocycles. The summed E-state index contributed by atoms with van der Waals surface area (Å²) in [6, 6.07) is -0.536. The highest BCUT2D eigenvalue weighted by molar-refractivity contribution is 5.76. The van der Waals surface area contributed by atoms with Gasteiger partial charge in [0.05, 0.1) is 25.4 Å². The van der Waals surface area contributed by atoms with Gasteiger partial charge in [-0.05, 0) is 57.8 Å². The van der Waals surface area contributed by atoms with Crippen LogP contribution in [0.1, 0.15) is 438 Å². The first kappa shape index (κ1) is 82.3. The fraction of sp³-hybridized carbons (Fsp3) is 0.923. The van der Waals surface area contributed by atoms with Crippen molar-refractivity contribution < 1.29 is 24.5 Å². The molecule has 0 aromatic rings. The lowest BCUT2D eigenvalue weighted by molar-refractivity contribution is -0.143. The Morgan fingerprint density at radius 3 is 0.905 bits per heavy atom. The van der Waals surface area contributed by atoms with Crippen LogP contribution in [0.15, 0.2) is 24.3 Å². The normalized spacial score (nSPS) is 12.6. The molecule has 0 radical (unpaired) electrons. The van der Waals surface area contributed by atoms with Crippen LogP contribution in [0, 0.1) is 0 Å². The van der Waals surface area contributed by atoms with Crippen LogP contribution >= 0.6 is 0 Å². The highest BCUT2D eigenvalue weighted by Gasteiger charge is 2.20. The maximum absolute atomic E-state index is 12.4. The fourth-order valence-corrected chi connectivity index (χ4v) is 12.4. The Balaban J connectivity index is 3.30. The molecule has 3 N–H and O–H groups in total. The number of unbranched alkanes of at least 4 members (excludes halogenated alkanes) is 58. The molecule has 0 saturated carbocycles. The molecular formula is C78H151NO5. The molecule has 498 valence electrons. The molecule has 0 aliphatic carbocycles. The van der Waals surface area contributed by atoms with Gasteiger partial charge >= 0.3 is 5.97 Å². The molecule has 0 aromatic heterocycles. The minimum atomic E-state index is -0.659. The zero-order valence-corrected chi connectivity index (χ0v) is 57.2. The van der Waals surface area contributed by atoms with Crippen molar-refractivity contribution in [2.45, 2.75) is 450 Å². The minimum Gasteiger partial charge on any atom is -0.466 e. The molecule has 6 heteroatoms. The fourth-order valence-electron chi connectivity index (χ4n) is 12.4. The van der Waals surface area contributed by atoms with Crippen molar-refractivity contribution in [2.75, 3.05) is 13.2 Å². The lowest BCUT2D eigenvalue weighted by Gasteiger charge is -2.22. The molecule has 0 heterocycles. The minimum absolute atomic E-state index is 0.0259. The van der Waals surface area contributed by atoms with Gasteiger partial charge in [0.2, 0.25) is 5.91 Å². The van der Waals surface area contributed by atoms with Gasteiger partial charge in [-0.15, -0.1) is 0 Å². The second kappa shape index (κ2) is 73.8. The highest BCUT2D eigenvalue weighted by atomic mass is 16.5. The molecule has 1 amide bonds. The van der Waals surface area contributed by atoms with Gasteiger partial charge < -0.3 is 20.3 Å². The van der Waals surface area contributed by atoms with E-state index in [2.05, 4.69) is 43.5 Å². The number of amides is 1. The number of esters is 1. The third-order valence-electron chi connectivity index (χ3n) is 18.3. The molecule has 0 spiro atoms. The van der Waals surface area contributed by atoms with Gasteiger partial charge in [-0.3, -0.25) is 9.59 Å². The van der Waals surface area contributed by atoms with E-state index in [1.807, 2.05) is 0 Å². The first-order valence-electron chi connectivity index (χ1n) is 38.6. The van der Waals surface area contributed by atoms with Crippen LogP contribution in [0.4, 0.5) is 0 Å². The number of ether oxygens (including phenoxy) is 1. The Bertz CT molecular complexity index is 1320. The third-order valence-corrected chi connectivity index (χ3v) is 18.3. The van der Waals surface area contributed by atoms with Crippen LogP contribution in [0.3, 0.4) is 0 Å². The van der Waals surface area contributed by atoms with Crippen LogP contribution in [0.25, 0.3) is 0 Å². The number of allylic oxidation sites excluding steroid dienone is 4. The lowest BCUT2D eigenvalue weighted by Crippen LogP contribution is -2.45. The number of aliphatic hydroxyl groups excluding tert-OH is 2. The Morgan fingerprint density at radius 1 is 0.333 bits per heavy atom. The largest absolute Gasteiger partial charge is 0.466 e. The molecule has 0 bridgehead atoms. The standard InChI is InChI=1S/C78H151NO5/c1-3-5-7-9-11-13-14-15-16-17-39-43-46-49-52-56-60-64-68-72-78(83)84-73-69-65-61-57-53-50-47-44-41-38-36-34-32-30-28-26-24-22-20-18-19-21-23-25-27-29-31-33-35-37-40-42-45-48-51-55-59-63-67-71-77(82)79-75(74-80)76(81)70-66-62-58-54-12-10-8-6-4-2/h18-19,22,24,75-76,80-81H,3-17,20-21,23,25-74H2,1-2H3,(H,79,82)/b19-18-,24-22-. The van der Waals surface area contributed by atoms with Crippen molar-refractivity contribution in [3.05, 3.63) is 24.3 Å². The van der Waals surface area contributed by atoms with Gasteiger partial charge in [-0.1, -0.05) is 391 Å². The van der Waals surface area contributed by atoms with Gasteiger partial charge in [0, 0.05) is 12.8 Å². The van der Waals surface area contributed by atoms with E-state index in [1.54, 1.807) is 0 Å². The predicted molar refractivity (Wildman–Crippen MR) is 370 cm³/mol. The smallest absolute Gasteiger partial charge is 0.305 e. The summed E-state index contributed by atoms with van der Waals surface area (Å²) in [6.07, 6.45) is 94.3. The zero-order chi connectivity index (χ0) is 60.6. The summed E-state index contributed by atoms with van der Waals surface area (Å²) < 4.78 is 5.52. The van der Waals surface area contributed by atoms with Crippen LogP contribution < -0.4 is 5.32 Å². The van der Waals surface area contributed by atoms with Crippen LogP contribution in [0.2, 0.25) is 0 Å². The van der Waals surface area contributed by atoms with E-state index < -0.39 is 12.1 Å². The molecule has 0 fully saturated rings. The maximum atomic E-state index is 12.4. The average molecular weight is 1180 g/mol. The van der Waals surface area contributed by atoms with Crippen molar-refractivity contribution in [3.63, 3.8) is 0 Å². The zero-order valence-electron chi connectivity index (χ0n) is 57.2. The summed E-state index contributed by atoms with van der Waals surface area (Å²) in [5.74, 6) is -0.00634. The van der Waals surface area contributed by atoms with Crippen molar-refractivity contribution in [3.8, 4) is 0 Å². The van der Waals surface area contributed by atoms with Gasteiger partial charge in [0.25, 0.3) is 0 Å². The molecule has 0 aliphatic rings. The second-order valence-electron chi connectivity index (χ2n) is 26.7. The van der Waals surface area contributed by atoms with Gasteiger partial charge in [0.1, 0.15) is 0 Å². The topological polar surface area (TPSA) is 95.9 Å². The van der Waals surface area contributed by atoms with Crippen LogP contribution in [0.5, 0.6) is 0 Å². The van der Waals surface area contributed by atoms with Gasteiger partial charge in [-0.2, -0.15) is 0 Å². The molecular weight excluding hydrogens is 1030 g/mol. The summed E-state index contributed by atoms with van der Waals surface area (Å²) in [5, 5.41) is 23.2. The summed E-state index contributed by atoms with van der Waals surface area (Å²) in [4.78, 5) is 24.6. The van der Waals surface area contributed by atoms with Crippen LogP contribution in [-0.2, 0) is 14.3 Å². The number of carbonyl (C=O) groups is 2. The average Bonchev–Trinajstić information content (AvgIpc) is 3.51. The van der Waals surface area contributed by atoms with E-state index in [9.17, 15) is 19.8 Å². The Morgan fingerprint density at radius 2 is 0.595 bits per heavy atom. The van der Waals surface area contributed by atoms with E-state index in [0.717, 1.165) is 44.9 Å². The summed E-state index contributed by atoms with van der Waals surface area (Å²) in [6.45, 7) is 4.98. The Hall–Kier alpha value is -1.66. The molecule has 0 aromatic carbocycles. The number of carbonyl (C=O) groups excluding carboxylic acids is 2. The van der Waals surface area contributed by atoms with Crippen molar-refractivity contribution in [2.24, 2.45) is 0 Å². The number of rotatable bonds is 73. The molecule has 0 rings (SSSR count). The van der Waals surface area contributed by atoms with Crippen molar-refractivity contribution >= 4 is 11.9 Å². The van der Waals surface area contributed by atoms with Crippen molar-refractivity contribution in [1.82, 2.24) is 5.32 Å². The van der Waals surface area contributed by atoms with Crippen LogP contribution in [-0.4, -0.2) is 47.4 Å². The number of hydrogen-bond donors (Lipinski definition) is 3. The molecule has 84 heavy (non-hydrogen) atoms. The third kappa shape index (κ3) is 69.4. The second-order valence-corrected chi connectivity index (χ2v) is 26.7. The van der Waals surface area contributed by atoms with Gasteiger partial charge in [0.15, 0.2) is 0 Å². The summed E-state index contributed by atoms with van der Waals surface area (Å²) >= 11 is 0. The van der Waals surface area contributed by atoms with E-state index in [-0.39, 0.29) is 18.5 Å². The quantitative estimate of drug-likeness (QED) is 0.0320. The lowest BCUT2D eigenvalue weighted by atomic mass is 10.0. The molecule has 6 nitrogen and oxygen atoms in total. The molecule has 0 aliphatic heterocycles. The van der Waals surface area contributed by atoms with Crippen molar-refractivity contribution in [1.29, 1.82) is 0 Å². The van der Waals surface area contributed by atoms with E-state index in [1.165, 1.54) is 360 Å². The van der Waals surface area contributed by atoms with E-state index in [0.29, 0.717) is 25.9 Å². The molecule has 2 unspecified atom stereocenters. The first-order chi connectivity index (χ1) is 41.5. The number of aliphatic hydroxyl groups is 2. The number of hydrogen-bond acceptors (Lipinski definition) is 5. The van der Waals surface area contributed by atoms with E-state index >= 15 is 0 Å². The predicted octanol–water partition coefficient (Wildman–Crippen LogP) is 25.3. The monoisotopic (exact) mass is 1180 g/mol.